The fourth-order valence-electron chi connectivity index (χ4n) is 3.26. The lowest BCUT2D eigenvalue weighted by molar-refractivity contribution is 0.161. The summed E-state index contributed by atoms with van der Waals surface area (Å²) in [7, 11) is 2.10. The minimum absolute atomic E-state index is 0.181. The Bertz CT molecular complexity index is 697. The van der Waals surface area contributed by atoms with Crippen molar-refractivity contribution < 1.29 is 4.39 Å². The zero-order valence-electron chi connectivity index (χ0n) is 14.7. The van der Waals surface area contributed by atoms with E-state index in [0.717, 1.165) is 5.92 Å². The van der Waals surface area contributed by atoms with Crippen LogP contribution in [-0.4, -0.2) is 32.9 Å². The number of nitrogens with zero attached hydrogens (tertiary/aromatic N) is 4. The molecule has 0 saturated heterocycles. The van der Waals surface area contributed by atoms with Crippen LogP contribution in [0.1, 0.15) is 38.4 Å². The van der Waals surface area contributed by atoms with Crippen molar-refractivity contribution in [2.75, 3.05) is 18.1 Å². The van der Waals surface area contributed by atoms with E-state index in [1.54, 1.807) is 12.1 Å². The molecule has 1 aliphatic carbocycles. The van der Waals surface area contributed by atoms with Crippen LogP contribution in [0.3, 0.4) is 0 Å². The maximum Gasteiger partial charge on any atom is 0.232 e. The summed E-state index contributed by atoms with van der Waals surface area (Å²) in [5.74, 6) is 1.73. The Balaban J connectivity index is 1.67. The highest BCUT2D eigenvalue weighted by Crippen LogP contribution is 2.27. The molecular formula is C18H25FN6. The zero-order valence-corrected chi connectivity index (χ0v) is 14.7. The SMILES string of the molecule is CC1CCC(N(C)Cc2nc(N)nc(Nc3ccc(F)cc3)n2)CC1. The Kier molecular flexibility index (Phi) is 5.43. The van der Waals surface area contributed by atoms with Gasteiger partial charge in [0.25, 0.3) is 0 Å². The summed E-state index contributed by atoms with van der Waals surface area (Å²) in [6, 6.07) is 6.58. The molecule has 1 aromatic carbocycles. The monoisotopic (exact) mass is 344 g/mol. The molecule has 0 amide bonds. The Labute approximate surface area is 147 Å². The van der Waals surface area contributed by atoms with E-state index >= 15 is 0 Å². The smallest absolute Gasteiger partial charge is 0.232 e. The van der Waals surface area contributed by atoms with Gasteiger partial charge in [0.2, 0.25) is 11.9 Å². The second kappa shape index (κ2) is 7.74. The summed E-state index contributed by atoms with van der Waals surface area (Å²) < 4.78 is 13.0. The lowest BCUT2D eigenvalue weighted by atomic mass is 9.87. The third-order valence-electron chi connectivity index (χ3n) is 4.80. The largest absolute Gasteiger partial charge is 0.368 e. The number of rotatable bonds is 5. The van der Waals surface area contributed by atoms with Crippen molar-refractivity contribution in [3.8, 4) is 0 Å². The molecule has 1 saturated carbocycles. The van der Waals surface area contributed by atoms with Crippen LogP contribution in [0.5, 0.6) is 0 Å². The van der Waals surface area contributed by atoms with Gasteiger partial charge in [0.15, 0.2) is 0 Å². The van der Waals surface area contributed by atoms with Crippen molar-refractivity contribution in [1.82, 2.24) is 19.9 Å². The first kappa shape index (κ1) is 17.5. The van der Waals surface area contributed by atoms with Crippen LogP contribution in [0.25, 0.3) is 0 Å². The van der Waals surface area contributed by atoms with Gasteiger partial charge in [-0.2, -0.15) is 15.0 Å². The van der Waals surface area contributed by atoms with Gasteiger partial charge in [-0.05, 0) is 62.9 Å². The van der Waals surface area contributed by atoms with Crippen molar-refractivity contribution in [2.24, 2.45) is 5.92 Å². The predicted molar refractivity (Wildman–Crippen MR) is 96.8 cm³/mol. The van der Waals surface area contributed by atoms with Crippen LogP contribution in [-0.2, 0) is 6.54 Å². The molecule has 1 fully saturated rings. The van der Waals surface area contributed by atoms with Gasteiger partial charge < -0.3 is 11.1 Å². The normalized spacial score (nSPS) is 20.6. The van der Waals surface area contributed by atoms with Crippen LogP contribution < -0.4 is 11.1 Å². The molecule has 1 aromatic heterocycles. The molecule has 134 valence electrons. The number of hydrogen-bond donors (Lipinski definition) is 2. The summed E-state index contributed by atoms with van der Waals surface area (Å²) in [5, 5.41) is 3.04. The van der Waals surface area contributed by atoms with Crippen molar-refractivity contribution in [1.29, 1.82) is 0 Å². The molecule has 2 aromatic rings. The number of aromatic nitrogens is 3. The fraction of sp³-hybridized carbons (Fsp3) is 0.500. The number of benzene rings is 1. The van der Waals surface area contributed by atoms with Crippen molar-refractivity contribution in [3.63, 3.8) is 0 Å². The maximum atomic E-state index is 13.0. The van der Waals surface area contributed by atoms with Gasteiger partial charge in [-0.1, -0.05) is 6.92 Å². The number of hydrogen-bond acceptors (Lipinski definition) is 6. The highest BCUT2D eigenvalue weighted by atomic mass is 19.1. The highest BCUT2D eigenvalue weighted by Gasteiger charge is 2.22. The summed E-state index contributed by atoms with van der Waals surface area (Å²) in [6.45, 7) is 2.94. The maximum absolute atomic E-state index is 13.0. The second-order valence-electron chi connectivity index (χ2n) is 6.89. The van der Waals surface area contributed by atoms with Crippen LogP contribution in [0.4, 0.5) is 22.0 Å². The second-order valence-corrected chi connectivity index (χ2v) is 6.89. The van der Waals surface area contributed by atoms with E-state index in [0.29, 0.717) is 30.0 Å². The number of anilines is 3. The first-order valence-electron chi connectivity index (χ1n) is 8.73. The summed E-state index contributed by atoms with van der Waals surface area (Å²) in [6.07, 6.45) is 4.95. The van der Waals surface area contributed by atoms with Gasteiger partial charge in [0.1, 0.15) is 11.6 Å². The van der Waals surface area contributed by atoms with Crippen LogP contribution in [0.15, 0.2) is 24.3 Å². The number of nitrogens with one attached hydrogen (secondary N) is 1. The number of halogens is 1. The molecule has 3 N–H and O–H groups in total. The van der Waals surface area contributed by atoms with Crippen molar-refractivity contribution in [2.45, 2.75) is 45.2 Å². The third-order valence-corrected chi connectivity index (χ3v) is 4.80. The minimum Gasteiger partial charge on any atom is -0.368 e. The highest BCUT2D eigenvalue weighted by molar-refractivity contribution is 5.53. The Morgan fingerprint density at radius 1 is 1.12 bits per heavy atom. The summed E-state index contributed by atoms with van der Waals surface area (Å²) in [5.41, 5.74) is 6.53. The fourth-order valence-corrected chi connectivity index (χ4v) is 3.26. The first-order valence-corrected chi connectivity index (χ1v) is 8.73. The molecular weight excluding hydrogens is 319 g/mol. The average molecular weight is 344 g/mol. The van der Waals surface area contributed by atoms with Gasteiger partial charge >= 0.3 is 0 Å². The van der Waals surface area contributed by atoms with Gasteiger partial charge in [0, 0.05) is 11.7 Å². The van der Waals surface area contributed by atoms with Gasteiger partial charge in [-0.25, -0.2) is 4.39 Å². The molecule has 7 heteroatoms. The molecule has 25 heavy (non-hydrogen) atoms. The van der Waals surface area contributed by atoms with E-state index in [1.165, 1.54) is 37.8 Å². The Hall–Kier alpha value is -2.28. The molecule has 0 bridgehead atoms. The van der Waals surface area contributed by atoms with Gasteiger partial charge in [0.05, 0.1) is 6.54 Å². The minimum atomic E-state index is -0.287. The molecule has 3 rings (SSSR count). The molecule has 0 spiro atoms. The summed E-state index contributed by atoms with van der Waals surface area (Å²) in [4.78, 5) is 15.1. The van der Waals surface area contributed by atoms with Crippen LogP contribution in [0, 0.1) is 11.7 Å². The molecule has 0 atom stereocenters. The van der Waals surface area contributed by atoms with Crippen LogP contribution >= 0.6 is 0 Å². The van der Waals surface area contributed by atoms with E-state index in [9.17, 15) is 4.39 Å². The molecule has 0 unspecified atom stereocenters. The van der Waals surface area contributed by atoms with E-state index < -0.39 is 0 Å². The molecule has 1 heterocycles. The Morgan fingerprint density at radius 2 is 1.80 bits per heavy atom. The molecule has 6 nitrogen and oxygen atoms in total. The van der Waals surface area contributed by atoms with Crippen molar-refractivity contribution >= 4 is 17.6 Å². The van der Waals surface area contributed by atoms with Gasteiger partial charge in [-0.15, -0.1) is 0 Å². The average Bonchev–Trinajstić information content (AvgIpc) is 2.57. The van der Waals surface area contributed by atoms with E-state index in [4.69, 9.17) is 5.73 Å². The number of nitrogens with two attached hydrogens (primary N) is 1. The quantitative estimate of drug-likeness (QED) is 0.866. The predicted octanol–water partition coefficient (Wildman–Crippen LogP) is 3.35. The first-order chi connectivity index (χ1) is 12.0. The number of nitrogen functional groups attached to an aromatic ring is 1. The van der Waals surface area contributed by atoms with E-state index in [-0.39, 0.29) is 11.8 Å². The molecule has 0 radical (unpaired) electrons. The summed E-state index contributed by atoms with van der Waals surface area (Å²) >= 11 is 0. The Morgan fingerprint density at radius 3 is 2.48 bits per heavy atom. The van der Waals surface area contributed by atoms with E-state index in [1.807, 2.05) is 0 Å². The van der Waals surface area contributed by atoms with Crippen LogP contribution in [0.2, 0.25) is 0 Å². The lowest BCUT2D eigenvalue weighted by Gasteiger charge is -2.33. The molecule has 1 aliphatic rings. The van der Waals surface area contributed by atoms with Crippen molar-refractivity contribution in [3.05, 3.63) is 35.9 Å². The van der Waals surface area contributed by atoms with Gasteiger partial charge in [-0.3, -0.25) is 4.90 Å². The zero-order chi connectivity index (χ0) is 17.8. The third kappa shape index (κ3) is 4.85. The lowest BCUT2D eigenvalue weighted by Crippen LogP contribution is -2.35. The standard InChI is InChI=1S/C18H25FN6/c1-12-3-9-15(10-4-12)25(2)11-16-22-17(20)24-18(23-16)21-14-7-5-13(19)6-8-14/h5-8,12,15H,3-4,9-11H2,1-2H3,(H3,20,21,22,23,24). The molecule has 0 aliphatic heterocycles. The topological polar surface area (TPSA) is 80.0 Å². The van der Waals surface area contributed by atoms with E-state index in [2.05, 4.69) is 39.1 Å².